The number of esters is 1. The molecule has 2 atom stereocenters. The number of aromatic nitrogens is 2. The molecular formula is C26H26N6O5. The van der Waals surface area contributed by atoms with Crippen LogP contribution < -0.4 is 5.32 Å². The normalized spacial score (nSPS) is 16.1. The van der Waals surface area contributed by atoms with Crippen LogP contribution in [-0.2, 0) is 14.3 Å². The van der Waals surface area contributed by atoms with Gasteiger partial charge in [-0.2, -0.15) is 5.26 Å². The summed E-state index contributed by atoms with van der Waals surface area (Å²) < 4.78 is 15.8. The van der Waals surface area contributed by atoms with Crippen molar-refractivity contribution in [2.24, 2.45) is 4.99 Å². The highest BCUT2D eigenvalue weighted by Gasteiger charge is 2.42. The minimum atomic E-state index is -0.957. The van der Waals surface area contributed by atoms with E-state index in [9.17, 15) is 9.59 Å². The third kappa shape index (κ3) is 5.28. The number of carbonyl (C=O) groups excluding carboxylic acids is 2. The van der Waals surface area contributed by atoms with E-state index < -0.39 is 18.0 Å². The van der Waals surface area contributed by atoms with Crippen molar-refractivity contribution in [1.29, 1.82) is 5.26 Å². The Kier molecular flexibility index (Phi) is 7.78. The number of ether oxygens (including phenoxy) is 2. The number of urea groups is 1. The summed E-state index contributed by atoms with van der Waals surface area (Å²) in [6.45, 7) is 3.60. The summed E-state index contributed by atoms with van der Waals surface area (Å²) in [7, 11) is 1.41. The maximum absolute atomic E-state index is 13.8. The largest absolute Gasteiger partial charge is 0.468 e. The number of hydrogen-bond donors (Lipinski definition) is 1. The van der Waals surface area contributed by atoms with Crippen LogP contribution in [0.2, 0.25) is 0 Å². The van der Waals surface area contributed by atoms with E-state index in [1.807, 2.05) is 50.2 Å². The first-order valence-electron chi connectivity index (χ1n) is 11.7. The molecule has 11 nitrogen and oxygen atoms in total. The minimum absolute atomic E-state index is 0.0200. The fourth-order valence-corrected chi connectivity index (χ4v) is 4.11. The molecule has 0 bridgehead atoms. The summed E-state index contributed by atoms with van der Waals surface area (Å²) in [5, 5.41) is 19.6. The second kappa shape index (κ2) is 11.3. The van der Waals surface area contributed by atoms with Gasteiger partial charge in [-0.05, 0) is 46.9 Å². The molecule has 2 heterocycles. The first-order valence-corrected chi connectivity index (χ1v) is 11.7. The first-order chi connectivity index (χ1) is 18.0. The van der Waals surface area contributed by atoms with Crippen LogP contribution >= 0.6 is 0 Å². The summed E-state index contributed by atoms with van der Waals surface area (Å²) in [5.74, 6) is -0.678. The molecule has 2 unspecified atom stereocenters. The van der Waals surface area contributed by atoms with Gasteiger partial charge < -0.3 is 14.8 Å². The lowest BCUT2D eigenvalue weighted by Crippen LogP contribution is -2.50. The predicted molar refractivity (Wildman–Crippen MR) is 133 cm³/mol. The molecule has 0 saturated heterocycles. The monoisotopic (exact) mass is 502 g/mol. The summed E-state index contributed by atoms with van der Waals surface area (Å²) in [4.78, 5) is 32.9. The van der Waals surface area contributed by atoms with Crippen molar-refractivity contribution >= 4 is 29.1 Å². The van der Waals surface area contributed by atoms with Gasteiger partial charge in [0, 0.05) is 0 Å². The summed E-state index contributed by atoms with van der Waals surface area (Å²) >= 11 is 0. The Morgan fingerprint density at radius 2 is 1.95 bits per heavy atom. The van der Waals surface area contributed by atoms with Crippen LogP contribution in [0.15, 0.2) is 69.4 Å². The molecule has 4 rings (SSSR count). The Morgan fingerprint density at radius 1 is 1.19 bits per heavy atom. The van der Waals surface area contributed by atoms with Crippen LogP contribution in [0.3, 0.4) is 0 Å². The number of nitriles is 1. The fraction of sp³-hybridized carbons (Fsp3) is 0.308. The fourth-order valence-electron chi connectivity index (χ4n) is 4.11. The maximum atomic E-state index is 13.8. The molecule has 3 aromatic rings. The molecule has 1 aromatic heterocycles. The second-order valence-corrected chi connectivity index (χ2v) is 8.22. The first kappa shape index (κ1) is 25.4. The van der Waals surface area contributed by atoms with Crippen molar-refractivity contribution in [3.8, 4) is 6.07 Å². The number of amides is 2. The van der Waals surface area contributed by atoms with E-state index >= 15 is 0 Å². The number of rotatable bonds is 7. The van der Waals surface area contributed by atoms with Gasteiger partial charge in [0.25, 0.3) is 0 Å². The molecule has 0 fully saturated rings. The molecule has 0 radical (unpaired) electrons. The van der Waals surface area contributed by atoms with Gasteiger partial charge in [-0.1, -0.05) is 43.3 Å². The number of allylic oxidation sites excluding steroid dienone is 1. The quantitative estimate of drug-likeness (QED) is 0.374. The van der Waals surface area contributed by atoms with Crippen LogP contribution in [0.1, 0.15) is 49.9 Å². The number of nitrogens with one attached hydrogen (secondary N) is 1. The van der Waals surface area contributed by atoms with Gasteiger partial charge in [-0.3, -0.25) is 0 Å². The number of aliphatic imine (C=N–C) groups is 1. The number of fused-ring (bicyclic) bond motifs is 1. The number of carbonyl (C=O) groups is 2. The van der Waals surface area contributed by atoms with Crippen molar-refractivity contribution in [2.45, 2.75) is 38.8 Å². The van der Waals surface area contributed by atoms with Crippen molar-refractivity contribution in [2.75, 3.05) is 13.7 Å². The molecule has 1 aliphatic heterocycles. The molecule has 1 N–H and O–H groups in total. The Bertz CT molecular complexity index is 1390. The zero-order valence-corrected chi connectivity index (χ0v) is 20.7. The van der Waals surface area contributed by atoms with E-state index in [0.29, 0.717) is 28.7 Å². The van der Waals surface area contributed by atoms with E-state index in [1.54, 1.807) is 18.2 Å². The van der Waals surface area contributed by atoms with Crippen molar-refractivity contribution in [1.82, 2.24) is 20.5 Å². The topological polar surface area (TPSA) is 143 Å². The van der Waals surface area contributed by atoms with Crippen LogP contribution in [-0.4, -0.2) is 47.0 Å². The van der Waals surface area contributed by atoms with Crippen LogP contribution in [0, 0.1) is 11.3 Å². The lowest BCUT2D eigenvalue weighted by molar-refractivity contribution is -0.139. The SMILES string of the molecule is CCC1=C(C(=O)OCCC#N)C(c2ccc3nonc3c2)N(C(=O)NC(C)c2ccccc2)C(OC)=N1. The highest BCUT2D eigenvalue weighted by atomic mass is 16.6. The summed E-state index contributed by atoms with van der Waals surface area (Å²) in [6, 6.07) is 14.7. The van der Waals surface area contributed by atoms with Crippen LogP contribution in [0.25, 0.3) is 11.0 Å². The Balaban J connectivity index is 1.80. The highest BCUT2D eigenvalue weighted by Crippen LogP contribution is 2.38. The van der Waals surface area contributed by atoms with Gasteiger partial charge in [0.1, 0.15) is 23.7 Å². The average molecular weight is 503 g/mol. The van der Waals surface area contributed by atoms with Gasteiger partial charge in [0.05, 0.1) is 36.9 Å². The highest BCUT2D eigenvalue weighted by molar-refractivity contribution is 6.01. The second-order valence-electron chi connectivity index (χ2n) is 8.22. The van der Waals surface area contributed by atoms with E-state index in [-0.39, 0.29) is 30.7 Å². The van der Waals surface area contributed by atoms with Crippen molar-refractivity contribution in [3.05, 3.63) is 70.9 Å². The molecule has 0 saturated carbocycles. The number of hydrogen-bond acceptors (Lipinski definition) is 9. The van der Waals surface area contributed by atoms with Gasteiger partial charge in [-0.15, -0.1) is 0 Å². The standard InChI is InChI=1S/C26H26N6O5/c1-4-19-22(24(33)36-14-8-13-27)23(18-11-12-20-21(15-18)31-37-30-20)32(26(29-19)35-3)25(34)28-16(2)17-9-6-5-7-10-17/h5-7,9-12,15-16,23H,4,8,14H2,1-3H3,(H,28,34). The van der Waals surface area contributed by atoms with Gasteiger partial charge >= 0.3 is 18.0 Å². The molecule has 190 valence electrons. The number of amidine groups is 1. The smallest absolute Gasteiger partial charge is 0.338 e. The van der Waals surface area contributed by atoms with Gasteiger partial charge in [0.2, 0.25) is 0 Å². The molecule has 0 spiro atoms. The predicted octanol–water partition coefficient (Wildman–Crippen LogP) is 4.17. The molecule has 11 heteroatoms. The molecule has 2 aromatic carbocycles. The molecule has 2 amide bonds. The zero-order valence-electron chi connectivity index (χ0n) is 20.7. The maximum Gasteiger partial charge on any atom is 0.338 e. The van der Waals surface area contributed by atoms with Crippen LogP contribution in [0.5, 0.6) is 0 Å². The Labute approximate surface area is 213 Å². The Hall–Kier alpha value is -4.72. The van der Waals surface area contributed by atoms with Crippen molar-refractivity contribution < 1.29 is 23.7 Å². The van der Waals surface area contributed by atoms with Crippen LogP contribution in [0.4, 0.5) is 4.79 Å². The lowest BCUT2D eigenvalue weighted by Gasteiger charge is -2.36. The minimum Gasteiger partial charge on any atom is -0.468 e. The zero-order chi connectivity index (χ0) is 26.4. The number of nitrogens with zero attached hydrogens (tertiary/aromatic N) is 5. The molecule has 0 aliphatic carbocycles. The number of methoxy groups -OCH3 is 1. The third-order valence-corrected chi connectivity index (χ3v) is 5.92. The van der Waals surface area contributed by atoms with E-state index in [4.69, 9.17) is 19.4 Å². The molecular weight excluding hydrogens is 476 g/mol. The molecule has 37 heavy (non-hydrogen) atoms. The summed E-state index contributed by atoms with van der Waals surface area (Å²) in [6.07, 6.45) is 0.406. The van der Waals surface area contributed by atoms with Gasteiger partial charge in [0.15, 0.2) is 0 Å². The lowest BCUT2D eigenvalue weighted by atomic mass is 9.93. The average Bonchev–Trinajstić information content (AvgIpc) is 3.40. The van der Waals surface area contributed by atoms with E-state index in [0.717, 1.165) is 5.56 Å². The number of benzene rings is 2. The Morgan fingerprint density at radius 3 is 2.65 bits per heavy atom. The van der Waals surface area contributed by atoms with E-state index in [2.05, 4.69) is 20.6 Å². The third-order valence-electron chi connectivity index (χ3n) is 5.92. The van der Waals surface area contributed by atoms with Gasteiger partial charge in [-0.25, -0.2) is 24.1 Å². The summed E-state index contributed by atoms with van der Waals surface area (Å²) in [5.41, 5.74) is 2.99. The van der Waals surface area contributed by atoms with Crippen molar-refractivity contribution in [3.63, 3.8) is 0 Å². The van der Waals surface area contributed by atoms with E-state index in [1.165, 1.54) is 12.0 Å². The molecule has 1 aliphatic rings.